The van der Waals surface area contributed by atoms with Crippen LogP contribution in [0.15, 0.2) is 12.7 Å². The summed E-state index contributed by atoms with van der Waals surface area (Å²) in [5, 5.41) is 0. The molecule has 0 spiro atoms. The van der Waals surface area contributed by atoms with Gasteiger partial charge in [0.1, 0.15) is 6.10 Å². The fraction of sp³-hybridized carbons (Fsp3) is 0.778. The molecule has 1 fully saturated rings. The van der Waals surface area contributed by atoms with Crippen molar-refractivity contribution in [1.82, 2.24) is 0 Å². The number of rotatable bonds is 6. The molecule has 0 N–H and O–H groups in total. The van der Waals surface area contributed by atoms with E-state index in [1.54, 1.807) is 0 Å². The predicted molar refractivity (Wildman–Crippen MR) is 45.3 cm³/mol. The quantitative estimate of drug-likeness (QED) is 0.418. The highest BCUT2D eigenvalue weighted by Crippen LogP contribution is 2.48. The van der Waals surface area contributed by atoms with Crippen LogP contribution >= 0.6 is 0 Å². The molecule has 0 radical (unpaired) electrons. The van der Waals surface area contributed by atoms with Crippen molar-refractivity contribution in [2.75, 3.05) is 13.2 Å². The lowest BCUT2D eigenvalue weighted by atomic mass is 10.1. The first kappa shape index (κ1) is 14.3. The second-order valence-corrected chi connectivity index (χ2v) is 3.56. The summed E-state index contributed by atoms with van der Waals surface area (Å²) in [5.74, 6) is -9.76. The van der Waals surface area contributed by atoms with Gasteiger partial charge in [0.2, 0.25) is 0 Å². The molecule has 8 heteroatoms. The molecule has 0 bridgehead atoms. The number of ether oxygens (including phenoxy) is 2. The van der Waals surface area contributed by atoms with Crippen molar-refractivity contribution in [2.45, 2.75) is 30.5 Å². The van der Waals surface area contributed by atoms with Crippen LogP contribution in [0.5, 0.6) is 0 Å². The van der Waals surface area contributed by atoms with Crippen LogP contribution in [0.25, 0.3) is 0 Å². The zero-order valence-corrected chi connectivity index (χ0v) is 8.57. The van der Waals surface area contributed by atoms with E-state index in [-0.39, 0.29) is 6.61 Å². The summed E-state index contributed by atoms with van der Waals surface area (Å²) in [6, 6.07) is 0. The molecule has 2 unspecified atom stereocenters. The smallest absolute Gasteiger partial charge is 0.371 e. The maximum absolute atomic E-state index is 13.5. The van der Waals surface area contributed by atoms with Crippen molar-refractivity contribution in [3.63, 3.8) is 0 Å². The molecule has 0 aromatic rings. The number of hydrogen-bond donors (Lipinski definition) is 0. The Morgan fingerprint density at radius 2 is 1.76 bits per heavy atom. The van der Waals surface area contributed by atoms with Crippen LogP contribution in [-0.4, -0.2) is 37.3 Å². The van der Waals surface area contributed by atoms with Crippen molar-refractivity contribution >= 4 is 0 Å². The topological polar surface area (TPSA) is 21.8 Å². The third-order valence-electron chi connectivity index (χ3n) is 2.11. The molecule has 2 atom stereocenters. The molecule has 1 aliphatic heterocycles. The molecule has 17 heavy (non-hydrogen) atoms. The Hall–Kier alpha value is -0.760. The summed E-state index contributed by atoms with van der Waals surface area (Å²) < 4.78 is 84.9. The van der Waals surface area contributed by atoms with Crippen molar-refractivity contribution in [3.8, 4) is 0 Å². The Balaban J connectivity index is 2.86. The number of alkyl halides is 6. The highest BCUT2D eigenvalue weighted by Gasteiger charge is 2.72. The van der Waals surface area contributed by atoms with Crippen LogP contribution in [0, 0.1) is 0 Å². The van der Waals surface area contributed by atoms with E-state index < -0.39 is 37.1 Å². The third kappa shape index (κ3) is 2.92. The van der Waals surface area contributed by atoms with E-state index in [0.29, 0.717) is 6.08 Å². The van der Waals surface area contributed by atoms with Gasteiger partial charge in [0.25, 0.3) is 0 Å². The van der Waals surface area contributed by atoms with E-state index >= 15 is 0 Å². The van der Waals surface area contributed by atoms with Gasteiger partial charge in [-0.2, -0.15) is 26.3 Å². The molecule has 0 saturated carbocycles. The van der Waals surface area contributed by atoms with Gasteiger partial charge < -0.3 is 9.47 Å². The summed E-state index contributed by atoms with van der Waals surface area (Å²) in [4.78, 5) is 0. The van der Waals surface area contributed by atoms with Gasteiger partial charge in [0.15, 0.2) is 0 Å². The second-order valence-electron chi connectivity index (χ2n) is 3.56. The number of halogens is 6. The fourth-order valence-electron chi connectivity index (χ4n) is 1.08. The summed E-state index contributed by atoms with van der Waals surface area (Å²) in [6.45, 7) is 2.05. The first-order chi connectivity index (χ1) is 7.64. The average Bonchev–Trinajstić information content (AvgIpc) is 2.95. The zero-order chi connectivity index (χ0) is 13.3. The molecular weight excluding hydrogens is 254 g/mol. The largest absolute Gasteiger partial charge is 0.454 e. The molecule has 0 aromatic carbocycles. The molecule has 1 heterocycles. The minimum Gasteiger partial charge on any atom is -0.371 e. The molecule has 1 saturated heterocycles. The lowest BCUT2D eigenvalue weighted by Gasteiger charge is -2.33. The van der Waals surface area contributed by atoms with Crippen molar-refractivity contribution < 1.29 is 35.8 Å². The van der Waals surface area contributed by atoms with Gasteiger partial charge in [-0.25, -0.2) is 0 Å². The molecule has 1 rings (SSSR count). The summed E-state index contributed by atoms with van der Waals surface area (Å²) >= 11 is 0. The molecule has 100 valence electrons. The Labute approximate surface area is 93.2 Å². The molecule has 0 amide bonds. The number of hydrogen-bond acceptors (Lipinski definition) is 2. The molecule has 0 aromatic heterocycles. The SMILES string of the molecule is C=CCC(F)(F)C(F)(OCC1CO1)C(F)(F)F. The maximum Gasteiger partial charge on any atom is 0.454 e. The minimum atomic E-state index is -5.84. The van der Waals surface area contributed by atoms with Gasteiger partial charge in [-0.1, -0.05) is 6.08 Å². The third-order valence-corrected chi connectivity index (χ3v) is 2.11. The van der Waals surface area contributed by atoms with Crippen molar-refractivity contribution in [1.29, 1.82) is 0 Å². The number of allylic oxidation sites excluding steroid dienone is 1. The minimum absolute atomic E-state index is 0.0704. The zero-order valence-electron chi connectivity index (χ0n) is 8.57. The lowest BCUT2D eigenvalue weighted by Crippen LogP contribution is -2.57. The van der Waals surface area contributed by atoms with Crippen LogP contribution in [0.2, 0.25) is 0 Å². The molecule has 1 aliphatic rings. The van der Waals surface area contributed by atoms with E-state index in [1.165, 1.54) is 0 Å². The summed E-state index contributed by atoms with van der Waals surface area (Å²) in [7, 11) is 0. The highest BCUT2D eigenvalue weighted by molar-refractivity contribution is 4.96. The van der Waals surface area contributed by atoms with E-state index in [1.807, 2.05) is 0 Å². The Bertz CT molecular complexity index is 286. The monoisotopic (exact) mass is 264 g/mol. The molecule has 0 aliphatic carbocycles. The predicted octanol–water partition coefficient (Wildman–Crippen LogP) is 2.84. The van der Waals surface area contributed by atoms with E-state index in [2.05, 4.69) is 16.1 Å². The fourth-order valence-corrected chi connectivity index (χ4v) is 1.08. The van der Waals surface area contributed by atoms with Crippen LogP contribution in [-0.2, 0) is 9.47 Å². The van der Waals surface area contributed by atoms with E-state index in [4.69, 9.17) is 0 Å². The lowest BCUT2D eigenvalue weighted by molar-refractivity contribution is -0.399. The first-order valence-electron chi connectivity index (χ1n) is 4.64. The van der Waals surface area contributed by atoms with Gasteiger partial charge in [0.05, 0.1) is 13.2 Å². The van der Waals surface area contributed by atoms with E-state index in [9.17, 15) is 26.3 Å². The summed E-state index contributed by atoms with van der Waals surface area (Å²) in [5.41, 5.74) is 0. The van der Waals surface area contributed by atoms with Gasteiger partial charge in [-0.3, -0.25) is 0 Å². The normalized spacial score (nSPS) is 24.2. The Morgan fingerprint density at radius 3 is 2.12 bits per heavy atom. The Kier molecular flexibility index (Phi) is 3.78. The maximum atomic E-state index is 13.5. The van der Waals surface area contributed by atoms with Crippen molar-refractivity contribution in [3.05, 3.63) is 12.7 Å². The van der Waals surface area contributed by atoms with Crippen molar-refractivity contribution in [2.24, 2.45) is 0 Å². The van der Waals surface area contributed by atoms with Gasteiger partial charge in [-0.05, 0) is 0 Å². The highest BCUT2D eigenvalue weighted by atomic mass is 19.4. The van der Waals surface area contributed by atoms with Crippen LogP contribution in [0.4, 0.5) is 26.3 Å². The van der Waals surface area contributed by atoms with Gasteiger partial charge in [-0.15, -0.1) is 6.58 Å². The van der Waals surface area contributed by atoms with Crippen LogP contribution in [0.1, 0.15) is 6.42 Å². The van der Waals surface area contributed by atoms with E-state index in [0.717, 1.165) is 0 Å². The standard InChI is InChI=1S/C9H10F6O2/c1-2-3-7(10,11)8(12,9(13,14)15)17-5-6-4-16-6/h2,6H,1,3-5H2. The molecular formula is C9H10F6O2. The van der Waals surface area contributed by atoms with Gasteiger partial charge >= 0.3 is 18.0 Å². The average molecular weight is 264 g/mol. The first-order valence-corrected chi connectivity index (χ1v) is 4.64. The summed E-state index contributed by atoms with van der Waals surface area (Å²) in [6.07, 6.45) is -7.58. The van der Waals surface area contributed by atoms with Crippen LogP contribution < -0.4 is 0 Å². The molecule has 2 nitrogen and oxygen atoms in total. The number of epoxide rings is 1. The Morgan fingerprint density at radius 1 is 1.24 bits per heavy atom. The second kappa shape index (κ2) is 4.49. The van der Waals surface area contributed by atoms with Crippen LogP contribution in [0.3, 0.4) is 0 Å². The van der Waals surface area contributed by atoms with Gasteiger partial charge in [0, 0.05) is 6.42 Å².